The van der Waals surface area contributed by atoms with Gasteiger partial charge < -0.3 is 4.74 Å². The van der Waals surface area contributed by atoms with Gasteiger partial charge in [-0.2, -0.15) is 0 Å². The Labute approximate surface area is 99.1 Å². The van der Waals surface area contributed by atoms with Gasteiger partial charge in [0.2, 0.25) is 0 Å². The molecule has 0 radical (unpaired) electrons. The Morgan fingerprint density at radius 1 is 1.19 bits per heavy atom. The Morgan fingerprint density at radius 2 is 1.81 bits per heavy atom. The maximum atomic E-state index is 11.7. The highest BCUT2D eigenvalue weighted by molar-refractivity contribution is 5.88. The van der Waals surface area contributed by atoms with Crippen molar-refractivity contribution in [1.82, 2.24) is 0 Å². The van der Waals surface area contributed by atoms with E-state index in [9.17, 15) is 4.79 Å². The molecule has 1 aliphatic rings. The van der Waals surface area contributed by atoms with Crippen LogP contribution in [0.25, 0.3) is 0 Å². The Morgan fingerprint density at radius 3 is 2.38 bits per heavy atom. The van der Waals surface area contributed by atoms with Crippen molar-refractivity contribution in [3.8, 4) is 0 Å². The van der Waals surface area contributed by atoms with Gasteiger partial charge in [0, 0.05) is 5.57 Å². The molecule has 0 aliphatic heterocycles. The number of carbonyl (C=O) groups excluding carboxylic acids is 1. The van der Waals surface area contributed by atoms with Crippen LogP contribution in [-0.2, 0) is 9.53 Å². The predicted molar refractivity (Wildman–Crippen MR) is 66.2 cm³/mol. The van der Waals surface area contributed by atoms with Gasteiger partial charge in [-0.3, -0.25) is 0 Å². The van der Waals surface area contributed by atoms with Crippen molar-refractivity contribution < 1.29 is 9.53 Å². The molecule has 92 valence electrons. The van der Waals surface area contributed by atoms with Crippen LogP contribution < -0.4 is 0 Å². The van der Waals surface area contributed by atoms with Gasteiger partial charge in [0.15, 0.2) is 0 Å². The first-order valence-electron chi connectivity index (χ1n) is 6.51. The van der Waals surface area contributed by atoms with Gasteiger partial charge in [-0.05, 0) is 39.0 Å². The summed E-state index contributed by atoms with van der Waals surface area (Å²) in [7, 11) is 0. The van der Waals surface area contributed by atoms with E-state index in [1.807, 2.05) is 13.8 Å². The van der Waals surface area contributed by atoms with Crippen molar-refractivity contribution in [1.29, 1.82) is 0 Å². The first-order valence-corrected chi connectivity index (χ1v) is 6.51. The predicted octanol–water partition coefficient (Wildman–Crippen LogP) is 3.86. The van der Waals surface area contributed by atoms with E-state index in [1.54, 1.807) is 0 Å². The molecule has 0 unspecified atom stereocenters. The lowest BCUT2D eigenvalue weighted by Gasteiger charge is -2.23. The second kappa shape index (κ2) is 6.72. The number of allylic oxidation sites excluding steroid dienone is 1. The van der Waals surface area contributed by atoms with Crippen LogP contribution in [0.5, 0.6) is 0 Å². The van der Waals surface area contributed by atoms with Crippen molar-refractivity contribution in [2.75, 3.05) is 6.61 Å². The largest absolute Gasteiger partial charge is 0.462 e. The summed E-state index contributed by atoms with van der Waals surface area (Å²) in [5, 5.41) is 0. The highest BCUT2D eigenvalue weighted by atomic mass is 16.5. The van der Waals surface area contributed by atoms with E-state index in [0.29, 0.717) is 12.5 Å². The SMILES string of the molecule is CCCOC(=O)C(C)=C(C)C1CCCCC1. The molecular formula is C14H24O2. The molecular weight excluding hydrogens is 200 g/mol. The van der Waals surface area contributed by atoms with E-state index in [1.165, 1.54) is 37.7 Å². The maximum Gasteiger partial charge on any atom is 0.333 e. The van der Waals surface area contributed by atoms with Gasteiger partial charge in [0.1, 0.15) is 0 Å². The molecule has 0 atom stereocenters. The zero-order chi connectivity index (χ0) is 12.0. The lowest BCUT2D eigenvalue weighted by atomic mass is 9.83. The fourth-order valence-corrected chi connectivity index (χ4v) is 2.31. The van der Waals surface area contributed by atoms with Gasteiger partial charge in [-0.1, -0.05) is 31.8 Å². The molecule has 0 spiro atoms. The highest BCUT2D eigenvalue weighted by Gasteiger charge is 2.19. The number of ether oxygens (including phenoxy) is 1. The summed E-state index contributed by atoms with van der Waals surface area (Å²) >= 11 is 0. The van der Waals surface area contributed by atoms with Crippen LogP contribution in [0.2, 0.25) is 0 Å². The van der Waals surface area contributed by atoms with E-state index < -0.39 is 0 Å². The van der Waals surface area contributed by atoms with Crippen LogP contribution >= 0.6 is 0 Å². The summed E-state index contributed by atoms with van der Waals surface area (Å²) in [4.78, 5) is 11.7. The summed E-state index contributed by atoms with van der Waals surface area (Å²) in [5.41, 5.74) is 2.08. The minimum Gasteiger partial charge on any atom is -0.462 e. The highest BCUT2D eigenvalue weighted by Crippen LogP contribution is 2.31. The van der Waals surface area contributed by atoms with E-state index in [2.05, 4.69) is 6.92 Å². The smallest absolute Gasteiger partial charge is 0.333 e. The minimum atomic E-state index is -0.120. The Bertz CT molecular complexity index is 260. The second-order valence-corrected chi connectivity index (χ2v) is 4.78. The summed E-state index contributed by atoms with van der Waals surface area (Å²) in [5.74, 6) is 0.493. The normalized spacial score (nSPS) is 19.2. The van der Waals surface area contributed by atoms with Crippen molar-refractivity contribution in [3.05, 3.63) is 11.1 Å². The maximum absolute atomic E-state index is 11.7. The van der Waals surface area contributed by atoms with E-state index >= 15 is 0 Å². The fraction of sp³-hybridized carbons (Fsp3) is 0.786. The summed E-state index contributed by atoms with van der Waals surface area (Å²) in [6.45, 7) is 6.55. The lowest BCUT2D eigenvalue weighted by molar-refractivity contribution is -0.139. The zero-order valence-electron chi connectivity index (χ0n) is 10.8. The van der Waals surface area contributed by atoms with Gasteiger partial charge in [-0.25, -0.2) is 4.79 Å². The van der Waals surface area contributed by atoms with Crippen LogP contribution in [0.3, 0.4) is 0 Å². The standard InChI is InChI=1S/C14H24O2/c1-4-10-16-14(15)12(3)11(2)13-8-6-5-7-9-13/h13H,4-10H2,1-3H3. The summed E-state index contributed by atoms with van der Waals surface area (Å²) in [6, 6.07) is 0. The Balaban J connectivity index is 2.58. The van der Waals surface area contributed by atoms with Crippen molar-refractivity contribution in [2.24, 2.45) is 5.92 Å². The monoisotopic (exact) mass is 224 g/mol. The molecule has 1 rings (SSSR count). The van der Waals surface area contributed by atoms with Crippen molar-refractivity contribution in [2.45, 2.75) is 59.3 Å². The zero-order valence-corrected chi connectivity index (χ0v) is 10.8. The van der Waals surface area contributed by atoms with Crippen LogP contribution in [-0.4, -0.2) is 12.6 Å². The summed E-state index contributed by atoms with van der Waals surface area (Å²) < 4.78 is 5.17. The third-order valence-corrected chi connectivity index (χ3v) is 3.55. The van der Waals surface area contributed by atoms with Gasteiger partial charge in [0.05, 0.1) is 6.61 Å². The number of esters is 1. The van der Waals surface area contributed by atoms with Crippen LogP contribution in [0, 0.1) is 5.92 Å². The molecule has 1 fully saturated rings. The number of hydrogen-bond donors (Lipinski definition) is 0. The van der Waals surface area contributed by atoms with E-state index in [-0.39, 0.29) is 5.97 Å². The fourth-order valence-electron chi connectivity index (χ4n) is 2.31. The van der Waals surface area contributed by atoms with Crippen LogP contribution in [0.4, 0.5) is 0 Å². The van der Waals surface area contributed by atoms with Crippen LogP contribution in [0.1, 0.15) is 59.3 Å². The molecule has 1 aliphatic carbocycles. The molecule has 0 aromatic heterocycles. The third-order valence-electron chi connectivity index (χ3n) is 3.55. The second-order valence-electron chi connectivity index (χ2n) is 4.78. The molecule has 0 saturated heterocycles. The average Bonchev–Trinajstić information content (AvgIpc) is 2.35. The van der Waals surface area contributed by atoms with Crippen molar-refractivity contribution in [3.63, 3.8) is 0 Å². The minimum absolute atomic E-state index is 0.120. The molecule has 0 aromatic carbocycles. The molecule has 1 saturated carbocycles. The molecule has 0 heterocycles. The Kier molecular flexibility index (Phi) is 5.58. The number of carbonyl (C=O) groups is 1. The number of hydrogen-bond acceptors (Lipinski definition) is 2. The third kappa shape index (κ3) is 3.66. The van der Waals surface area contributed by atoms with E-state index in [0.717, 1.165) is 12.0 Å². The molecule has 0 amide bonds. The van der Waals surface area contributed by atoms with Crippen LogP contribution in [0.15, 0.2) is 11.1 Å². The Hall–Kier alpha value is -0.790. The van der Waals surface area contributed by atoms with Gasteiger partial charge >= 0.3 is 5.97 Å². The first-order chi connectivity index (χ1) is 7.66. The van der Waals surface area contributed by atoms with E-state index in [4.69, 9.17) is 4.74 Å². The average molecular weight is 224 g/mol. The molecule has 2 heteroatoms. The van der Waals surface area contributed by atoms with Gasteiger partial charge in [0.25, 0.3) is 0 Å². The quantitative estimate of drug-likeness (QED) is 0.535. The lowest BCUT2D eigenvalue weighted by Crippen LogP contribution is -2.14. The number of rotatable bonds is 4. The van der Waals surface area contributed by atoms with Gasteiger partial charge in [-0.15, -0.1) is 0 Å². The molecule has 0 N–H and O–H groups in total. The first kappa shape index (κ1) is 13.3. The molecule has 16 heavy (non-hydrogen) atoms. The topological polar surface area (TPSA) is 26.3 Å². The molecule has 2 nitrogen and oxygen atoms in total. The molecule has 0 bridgehead atoms. The molecule has 0 aromatic rings. The van der Waals surface area contributed by atoms with Crippen molar-refractivity contribution >= 4 is 5.97 Å². The summed E-state index contributed by atoms with van der Waals surface area (Å²) in [6.07, 6.45) is 7.33.